The SMILES string of the molecule is COc1ccc2c(c1)C(=O)c1ccc(-c3nnn(C(C)=O)n3)cc1S2(=O)=O. The fraction of sp³-hybridized carbons (Fsp3) is 0.118. The number of hydrogen-bond acceptors (Lipinski definition) is 8. The molecular weight excluding hydrogens is 372 g/mol. The van der Waals surface area contributed by atoms with Gasteiger partial charge >= 0.3 is 0 Å². The Morgan fingerprint density at radius 2 is 1.85 bits per heavy atom. The Bertz CT molecular complexity index is 1230. The number of rotatable bonds is 2. The number of carbonyl (C=O) groups is 2. The molecule has 0 radical (unpaired) electrons. The van der Waals surface area contributed by atoms with Crippen molar-refractivity contribution in [1.29, 1.82) is 0 Å². The van der Waals surface area contributed by atoms with Crippen molar-refractivity contribution in [3.63, 3.8) is 0 Å². The van der Waals surface area contributed by atoms with Crippen molar-refractivity contribution in [2.45, 2.75) is 16.7 Å². The van der Waals surface area contributed by atoms with E-state index in [1.807, 2.05) is 0 Å². The van der Waals surface area contributed by atoms with Gasteiger partial charge in [0.2, 0.25) is 15.7 Å². The van der Waals surface area contributed by atoms with Gasteiger partial charge in [-0.05, 0) is 35.5 Å². The first-order valence-electron chi connectivity index (χ1n) is 7.76. The predicted molar refractivity (Wildman–Crippen MR) is 91.4 cm³/mol. The van der Waals surface area contributed by atoms with E-state index in [-0.39, 0.29) is 26.7 Å². The Morgan fingerprint density at radius 3 is 2.52 bits per heavy atom. The van der Waals surface area contributed by atoms with Crippen molar-refractivity contribution in [3.8, 4) is 17.1 Å². The Balaban J connectivity index is 1.89. The molecule has 0 fully saturated rings. The summed E-state index contributed by atoms with van der Waals surface area (Å²) in [6.07, 6.45) is 0. The molecule has 9 nitrogen and oxygen atoms in total. The van der Waals surface area contributed by atoms with Crippen LogP contribution in [0.25, 0.3) is 11.4 Å². The van der Waals surface area contributed by atoms with E-state index in [0.29, 0.717) is 11.3 Å². The molecule has 136 valence electrons. The van der Waals surface area contributed by atoms with Gasteiger partial charge in [-0.2, -0.15) is 0 Å². The zero-order valence-electron chi connectivity index (χ0n) is 14.2. The average Bonchev–Trinajstić information content (AvgIpc) is 3.16. The lowest BCUT2D eigenvalue weighted by Gasteiger charge is -2.19. The van der Waals surface area contributed by atoms with Gasteiger partial charge in [0.1, 0.15) is 5.75 Å². The third kappa shape index (κ3) is 2.53. The van der Waals surface area contributed by atoms with Crippen molar-refractivity contribution < 1.29 is 22.7 Å². The standard InChI is InChI=1S/C17H12N4O5S/c1-9(22)21-19-17(18-20-21)10-3-5-12-15(7-10)27(24,25)14-6-4-11(26-2)8-13(14)16(12)23/h3-8H,1-2H3. The molecule has 0 atom stereocenters. The minimum Gasteiger partial charge on any atom is -0.497 e. The van der Waals surface area contributed by atoms with E-state index < -0.39 is 21.5 Å². The van der Waals surface area contributed by atoms with Gasteiger partial charge in [-0.3, -0.25) is 9.59 Å². The van der Waals surface area contributed by atoms with E-state index in [0.717, 1.165) is 4.80 Å². The summed E-state index contributed by atoms with van der Waals surface area (Å²) in [4.78, 5) is 24.7. The van der Waals surface area contributed by atoms with Crippen molar-refractivity contribution in [2.75, 3.05) is 7.11 Å². The number of benzene rings is 2. The number of fused-ring (bicyclic) bond motifs is 2. The van der Waals surface area contributed by atoms with Gasteiger partial charge in [0.25, 0.3) is 5.91 Å². The van der Waals surface area contributed by atoms with Gasteiger partial charge in [0, 0.05) is 23.6 Å². The highest BCUT2D eigenvalue weighted by Gasteiger charge is 2.35. The first-order chi connectivity index (χ1) is 12.8. The Kier molecular flexibility index (Phi) is 3.67. The van der Waals surface area contributed by atoms with E-state index in [1.54, 1.807) is 0 Å². The molecule has 1 aliphatic heterocycles. The van der Waals surface area contributed by atoms with E-state index in [2.05, 4.69) is 15.4 Å². The zero-order valence-corrected chi connectivity index (χ0v) is 15.0. The van der Waals surface area contributed by atoms with E-state index in [9.17, 15) is 18.0 Å². The van der Waals surface area contributed by atoms with Gasteiger partial charge in [-0.15, -0.1) is 10.2 Å². The van der Waals surface area contributed by atoms with Crippen LogP contribution >= 0.6 is 0 Å². The number of sulfone groups is 1. The smallest absolute Gasteiger partial charge is 0.263 e. The summed E-state index contributed by atoms with van der Waals surface area (Å²) in [6.45, 7) is 1.27. The summed E-state index contributed by atoms with van der Waals surface area (Å²) < 4.78 is 31.1. The highest BCUT2D eigenvalue weighted by molar-refractivity contribution is 7.91. The van der Waals surface area contributed by atoms with Crippen LogP contribution in [0.3, 0.4) is 0 Å². The van der Waals surface area contributed by atoms with Gasteiger partial charge in [-0.1, -0.05) is 10.9 Å². The highest BCUT2D eigenvalue weighted by Crippen LogP contribution is 2.37. The topological polar surface area (TPSA) is 121 Å². The summed E-state index contributed by atoms with van der Waals surface area (Å²) in [5.74, 6) is -0.378. The summed E-state index contributed by atoms with van der Waals surface area (Å²) >= 11 is 0. The molecule has 27 heavy (non-hydrogen) atoms. The number of carbonyl (C=O) groups excluding carboxylic acids is 2. The van der Waals surface area contributed by atoms with Crippen LogP contribution in [-0.2, 0) is 9.84 Å². The molecular formula is C17H12N4O5S. The molecule has 3 aromatic rings. The maximum absolute atomic E-state index is 13.0. The second kappa shape index (κ2) is 5.81. The fourth-order valence-corrected chi connectivity index (χ4v) is 4.50. The maximum atomic E-state index is 13.0. The van der Waals surface area contributed by atoms with E-state index in [4.69, 9.17) is 4.74 Å². The summed E-state index contributed by atoms with van der Waals surface area (Å²) in [7, 11) is -2.49. The maximum Gasteiger partial charge on any atom is 0.263 e. The monoisotopic (exact) mass is 384 g/mol. The summed E-state index contributed by atoms with van der Waals surface area (Å²) in [5.41, 5.74) is 0.447. The van der Waals surface area contributed by atoms with Crippen LogP contribution < -0.4 is 4.74 Å². The van der Waals surface area contributed by atoms with Gasteiger partial charge in [-0.25, -0.2) is 8.42 Å². The molecule has 0 saturated carbocycles. The number of methoxy groups -OCH3 is 1. The number of tetrazole rings is 1. The molecule has 1 aromatic heterocycles. The third-order valence-corrected chi connectivity index (χ3v) is 6.04. The zero-order chi connectivity index (χ0) is 19.3. The number of ether oxygens (including phenoxy) is 1. The Hall–Kier alpha value is -3.40. The van der Waals surface area contributed by atoms with E-state index >= 15 is 0 Å². The summed E-state index contributed by atoms with van der Waals surface area (Å²) in [6, 6.07) is 8.48. The minimum absolute atomic E-state index is 0.0541. The van der Waals surface area contributed by atoms with E-state index in [1.165, 1.54) is 50.4 Å². The molecule has 10 heteroatoms. The molecule has 0 unspecified atom stereocenters. The quantitative estimate of drug-likeness (QED) is 0.508. The first kappa shape index (κ1) is 17.0. The second-order valence-corrected chi connectivity index (χ2v) is 7.71. The fourth-order valence-electron chi connectivity index (χ4n) is 2.85. The summed E-state index contributed by atoms with van der Waals surface area (Å²) in [5, 5.41) is 11.3. The van der Waals surface area contributed by atoms with Gasteiger partial charge in [0.15, 0.2) is 5.78 Å². The van der Waals surface area contributed by atoms with Crippen LogP contribution in [0, 0.1) is 0 Å². The molecule has 0 spiro atoms. The van der Waals surface area contributed by atoms with Crippen molar-refractivity contribution >= 4 is 21.5 Å². The van der Waals surface area contributed by atoms with Crippen LogP contribution in [0.2, 0.25) is 0 Å². The molecule has 1 aliphatic rings. The Labute approximate surface area is 153 Å². The second-order valence-electron chi connectivity index (χ2n) is 5.83. The number of aromatic nitrogens is 4. The van der Waals surface area contributed by atoms with Gasteiger partial charge < -0.3 is 4.74 Å². The number of hydrogen-bond donors (Lipinski definition) is 0. The van der Waals surface area contributed by atoms with Crippen LogP contribution in [-0.4, -0.2) is 47.4 Å². The predicted octanol–water partition coefficient (Wildman–Crippen LogP) is 1.39. The lowest BCUT2D eigenvalue weighted by atomic mass is 10.0. The lowest BCUT2D eigenvalue weighted by Crippen LogP contribution is -2.20. The minimum atomic E-state index is -3.93. The molecule has 2 aromatic carbocycles. The van der Waals surface area contributed by atoms with Crippen LogP contribution in [0.5, 0.6) is 5.75 Å². The van der Waals surface area contributed by atoms with Crippen molar-refractivity contribution in [2.24, 2.45) is 0 Å². The number of nitrogens with zero attached hydrogens (tertiary/aromatic N) is 4. The molecule has 0 bridgehead atoms. The average molecular weight is 384 g/mol. The van der Waals surface area contributed by atoms with Crippen LogP contribution in [0.1, 0.15) is 27.6 Å². The molecule has 2 heterocycles. The third-order valence-electron chi connectivity index (χ3n) is 4.19. The Morgan fingerprint density at radius 1 is 1.07 bits per heavy atom. The molecule has 4 rings (SSSR count). The van der Waals surface area contributed by atoms with Crippen LogP contribution in [0.15, 0.2) is 46.2 Å². The normalized spacial score (nSPS) is 14.4. The molecule has 0 aliphatic carbocycles. The largest absolute Gasteiger partial charge is 0.497 e. The lowest BCUT2D eigenvalue weighted by molar-refractivity contribution is 0.0900. The van der Waals surface area contributed by atoms with Gasteiger partial charge in [0.05, 0.1) is 16.9 Å². The van der Waals surface area contributed by atoms with Crippen molar-refractivity contribution in [1.82, 2.24) is 20.2 Å². The van der Waals surface area contributed by atoms with Crippen LogP contribution in [0.4, 0.5) is 0 Å². The molecule has 0 saturated heterocycles. The highest BCUT2D eigenvalue weighted by atomic mass is 32.2. The molecule has 0 amide bonds. The molecule has 0 N–H and O–H groups in total. The first-order valence-corrected chi connectivity index (χ1v) is 9.24. The number of ketones is 1. The van der Waals surface area contributed by atoms with Crippen molar-refractivity contribution in [3.05, 3.63) is 47.5 Å².